The van der Waals surface area contributed by atoms with Gasteiger partial charge in [0.2, 0.25) is 0 Å². The van der Waals surface area contributed by atoms with Crippen molar-refractivity contribution in [3.05, 3.63) is 35.9 Å². The Bertz CT molecular complexity index is 481. The van der Waals surface area contributed by atoms with Crippen molar-refractivity contribution < 1.29 is 9.47 Å². The van der Waals surface area contributed by atoms with Gasteiger partial charge in [0.1, 0.15) is 0 Å². The molecular formula is C18H30N4O2. The topological polar surface area (TPSA) is 58.1 Å². The molecule has 0 amide bonds. The van der Waals surface area contributed by atoms with Crippen LogP contribution in [0.15, 0.2) is 35.3 Å². The number of benzene rings is 1. The average Bonchev–Trinajstić information content (AvgIpc) is 2.62. The summed E-state index contributed by atoms with van der Waals surface area (Å²) in [6.07, 6.45) is 0. The molecule has 1 aliphatic heterocycles. The fourth-order valence-electron chi connectivity index (χ4n) is 2.61. The van der Waals surface area contributed by atoms with Crippen LogP contribution in [0.4, 0.5) is 0 Å². The number of guanidine groups is 1. The van der Waals surface area contributed by atoms with Crippen molar-refractivity contribution in [2.45, 2.75) is 19.5 Å². The van der Waals surface area contributed by atoms with Crippen molar-refractivity contribution in [3.63, 3.8) is 0 Å². The summed E-state index contributed by atoms with van der Waals surface area (Å²) in [6, 6.07) is 10.8. The van der Waals surface area contributed by atoms with Gasteiger partial charge in [-0.05, 0) is 12.5 Å². The summed E-state index contributed by atoms with van der Waals surface area (Å²) in [6.45, 7) is 8.76. The lowest BCUT2D eigenvalue weighted by Gasteiger charge is -2.33. The van der Waals surface area contributed by atoms with E-state index in [1.807, 2.05) is 18.2 Å². The Morgan fingerprint density at radius 2 is 2.08 bits per heavy atom. The van der Waals surface area contributed by atoms with Crippen molar-refractivity contribution in [3.8, 4) is 0 Å². The lowest BCUT2D eigenvalue weighted by molar-refractivity contribution is 0.000877. The molecule has 24 heavy (non-hydrogen) atoms. The molecule has 6 nitrogen and oxygen atoms in total. The van der Waals surface area contributed by atoms with E-state index in [-0.39, 0.29) is 0 Å². The molecule has 1 saturated heterocycles. The quantitative estimate of drug-likeness (QED) is 0.423. The largest absolute Gasteiger partial charge is 0.383 e. The molecule has 1 aromatic rings. The van der Waals surface area contributed by atoms with E-state index < -0.39 is 0 Å². The molecule has 134 valence electrons. The van der Waals surface area contributed by atoms with E-state index in [0.29, 0.717) is 19.2 Å². The molecule has 2 N–H and O–H groups in total. The Kier molecular flexibility index (Phi) is 8.59. The number of hydrogen-bond donors (Lipinski definition) is 2. The summed E-state index contributed by atoms with van der Waals surface area (Å²) in [5, 5.41) is 6.73. The van der Waals surface area contributed by atoms with Gasteiger partial charge >= 0.3 is 0 Å². The second-order valence-corrected chi connectivity index (χ2v) is 5.96. The van der Waals surface area contributed by atoms with Gasteiger partial charge < -0.3 is 20.1 Å². The van der Waals surface area contributed by atoms with E-state index >= 15 is 0 Å². The van der Waals surface area contributed by atoms with Gasteiger partial charge in [-0.2, -0.15) is 0 Å². The first-order valence-corrected chi connectivity index (χ1v) is 8.66. The van der Waals surface area contributed by atoms with Gasteiger partial charge in [-0.25, -0.2) is 4.99 Å². The van der Waals surface area contributed by atoms with Crippen LogP contribution in [0.2, 0.25) is 0 Å². The van der Waals surface area contributed by atoms with Crippen LogP contribution in [0, 0.1) is 0 Å². The minimum atomic E-state index is 0.478. The minimum Gasteiger partial charge on any atom is -0.383 e. The fourth-order valence-corrected chi connectivity index (χ4v) is 2.61. The third kappa shape index (κ3) is 6.86. The summed E-state index contributed by atoms with van der Waals surface area (Å²) in [5.41, 5.74) is 1.20. The van der Waals surface area contributed by atoms with Gasteiger partial charge in [0.05, 0.1) is 26.4 Å². The first-order chi connectivity index (χ1) is 11.8. The minimum absolute atomic E-state index is 0.478. The molecule has 2 rings (SSSR count). The Hall–Kier alpha value is -1.63. The van der Waals surface area contributed by atoms with Crippen LogP contribution < -0.4 is 10.6 Å². The summed E-state index contributed by atoms with van der Waals surface area (Å²) < 4.78 is 10.6. The monoisotopic (exact) mass is 334 g/mol. The highest BCUT2D eigenvalue weighted by Crippen LogP contribution is 2.04. The first kappa shape index (κ1) is 18.7. The zero-order valence-electron chi connectivity index (χ0n) is 14.8. The Morgan fingerprint density at radius 1 is 1.29 bits per heavy atom. The van der Waals surface area contributed by atoms with Gasteiger partial charge in [-0.3, -0.25) is 4.90 Å². The predicted molar refractivity (Wildman–Crippen MR) is 97.3 cm³/mol. The van der Waals surface area contributed by atoms with Crippen LogP contribution in [0.25, 0.3) is 0 Å². The van der Waals surface area contributed by atoms with Crippen molar-refractivity contribution in [2.75, 3.05) is 53.1 Å². The van der Waals surface area contributed by atoms with Gasteiger partial charge in [0.15, 0.2) is 5.96 Å². The molecule has 0 bridgehead atoms. The van der Waals surface area contributed by atoms with Crippen LogP contribution in [0.3, 0.4) is 0 Å². The van der Waals surface area contributed by atoms with Crippen molar-refractivity contribution in [1.82, 2.24) is 15.5 Å². The van der Waals surface area contributed by atoms with Crippen molar-refractivity contribution in [2.24, 2.45) is 4.99 Å². The standard InChI is InChI=1S/C18H30N4O2/c1-16-15-24-13-11-22(16)10-8-19-18(20-9-12-23-2)21-14-17-6-4-3-5-7-17/h3-7,16H,8-15H2,1-2H3,(H2,19,20,21). The average molecular weight is 334 g/mol. The van der Waals surface area contributed by atoms with Gasteiger partial charge in [0, 0.05) is 39.3 Å². The number of nitrogens with one attached hydrogen (secondary N) is 2. The molecule has 6 heteroatoms. The van der Waals surface area contributed by atoms with E-state index in [0.717, 1.165) is 45.4 Å². The third-order valence-corrected chi connectivity index (χ3v) is 4.06. The van der Waals surface area contributed by atoms with Crippen LogP contribution in [0.5, 0.6) is 0 Å². The second kappa shape index (κ2) is 11.0. The summed E-state index contributed by atoms with van der Waals surface area (Å²) in [5.74, 6) is 0.830. The molecule has 1 atom stereocenters. The van der Waals surface area contributed by atoms with E-state index in [1.54, 1.807) is 7.11 Å². The van der Waals surface area contributed by atoms with Crippen LogP contribution >= 0.6 is 0 Å². The molecule has 0 saturated carbocycles. The number of ether oxygens (including phenoxy) is 2. The normalized spacial score (nSPS) is 19.2. The van der Waals surface area contributed by atoms with Crippen molar-refractivity contribution >= 4 is 5.96 Å². The molecule has 1 aliphatic rings. The van der Waals surface area contributed by atoms with Crippen LogP contribution in [-0.2, 0) is 16.0 Å². The van der Waals surface area contributed by atoms with Gasteiger partial charge in [-0.1, -0.05) is 30.3 Å². The molecule has 0 spiro atoms. The summed E-state index contributed by atoms with van der Waals surface area (Å²) in [7, 11) is 1.70. The predicted octanol–water partition coefficient (Wildman–Crippen LogP) is 1.09. The molecule has 0 aromatic heterocycles. The molecule has 1 fully saturated rings. The maximum absolute atomic E-state index is 5.48. The number of hydrogen-bond acceptors (Lipinski definition) is 4. The highest BCUT2D eigenvalue weighted by molar-refractivity contribution is 5.79. The van der Waals surface area contributed by atoms with Crippen LogP contribution in [0.1, 0.15) is 12.5 Å². The number of aliphatic imine (C=N–C) groups is 1. The number of nitrogens with zero attached hydrogens (tertiary/aromatic N) is 2. The maximum atomic E-state index is 5.48. The van der Waals surface area contributed by atoms with E-state index in [2.05, 4.69) is 39.6 Å². The van der Waals surface area contributed by atoms with Gasteiger partial charge in [-0.15, -0.1) is 0 Å². The maximum Gasteiger partial charge on any atom is 0.191 e. The second-order valence-electron chi connectivity index (χ2n) is 5.96. The van der Waals surface area contributed by atoms with E-state index in [4.69, 9.17) is 9.47 Å². The number of morpholine rings is 1. The van der Waals surface area contributed by atoms with Crippen LogP contribution in [-0.4, -0.2) is 70.0 Å². The molecule has 1 unspecified atom stereocenters. The first-order valence-electron chi connectivity index (χ1n) is 8.66. The SMILES string of the molecule is COCCNC(=NCc1ccccc1)NCCN1CCOCC1C. The number of methoxy groups -OCH3 is 1. The Labute approximate surface area is 145 Å². The lowest BCUT2D eigenvalue weighted by atomic mass is 10.2. The highest BCUT2D eigenvalue weighted by Gasteiger charge is 2.17. The number of rotatable bonds is 8. The summed E-state index contributed by atoms with van der Waals surface area (Å²) in [4.78, 5) is 7.11. The molecule has 1 aromatic carbocycles. The fraction of sp³-hybridized carbons (Fsp3) is 0.611. The smallest absolute Gasteiger partial charge is 0.191 e. The molecular weight excluding hydrogens is 304 g/mol. The highest BCUT2D eigenvalue weighted by atomic mass is 16.5. The molecule has 1 heterocycles. The zero-order chi connectivity index (χ0) is 17.0. The van der Waals surface area contributed by atoms with Gasteiger partial charge in [0.25, 0.3) is 0 Å². The molecule has 0 radical (unpaired) electrons. The third-order valence-electron chi connectivity index (χ3n) is 4.06. The molecule has 0 aliphatic carbocycles. The van der Waals surface area contributed by atoms with E-state index in [1.165, 1.54) is 5.56 Å². The lowest BCUT2D eigenvalue weighted by Crippen LogP contribution is -2.48. The Balaban J connectivity index is 1.80. The summed E-state index contributed by atoms with van der Waals surface area (Å²) >= 11 is 0. The van der Waals surface area contributed by atoms with Crippen molar-refractivity contribution in [1.29, 1.82) is 0 Å². The Morgan fingerprint density at radius 3 is 2.83 bits per heavy atom. The van der Waals surface area contributed by atoms with E-state index in [9.17, 15) is 0 Å². The zero-order valence-corrected chi connectivity index (χ0v) is 14.8.